The van der Waals surface area contributed by atoms with Crippen molar-refractivity contribution in [1.29, 1.82) is 0 Å². The number of rotatable bonds is 18. The predicted octanol–water partition coefficient (Wildman–Crippen LogP) is 12.7. The number of hydrogen-bond acceptors (Lipinski definition) is 3. The first-order valence-electron chi connectivity index (χ1n) is 18.1. The van der Waals surface area contributed by atoms with E-state index in [1.165, 1.54) is 38.5 Å². The minimum Gasteiger partial charge on any atom is -0.493 e. The van der Waals surface area contributed by atoms with Gasteiger partial charge in [-0.2, -0.15) is 0 Å². The fourth-order valence-corrected chi connectivity index (χ4v) is 6.16. The first-order valence-corrected chi connectivity index (χ1v) is 18.1. The molecule has 2 atom stereocenters. The summed E-state index contributed by atoms with van der Waals surface area (Å²) in [6.07, 6.45) is 11.6. The SMILES string of the molecule is CCCCC(CC)COc1ccc(-c2cc(-c3ccc(OCC(CC)CCCC)cc3)cc(-c3cc[c-]c(-c4ccccn4)c3)c2)cc1.[Ir]. The number of ether oxygens (including phenoxy) is 2. The number of hydrogen-bond donors (Lipinski definition) is 0. The summed E-state index contributed by atoms with van der Waals surface area (Å²) in [5.74, 6) is 3.07. The van der Waals surface area contributed by atoms with Crippen molar-refractivity contribution >= 4 is 0 Å². The summed E-state index contributed by atoms with van der Waals surface area (Å²) < 4.78 is 12.5. The van der Waals surface area contributed by atoms with Gasteiger partial charge in [-0.15, -0.1) is 35.4 Å². The normalized spacial score (nSPS) is 12.2. The van der Waals surface area contributed by atoms with Crippen LogP contribution in [0.2, 0.25) is 0 Å². The summed E-state index contributed by atoms with van der Waals surface area (Å²) in [5.41, 5.74) is 8.83. The average Bonchev–Trinajstić information content (AvgIpc) is 3.15. The smallest absolute Gasteiger partial charge is 0.119 e. The fraction of sp³-hybridized carbons (Fsp3) is 0.356. The van der Waals surface area contributed by atoms with E-state index in [-0.39, 0.29) is 20.1 Å². The van der Waals surface area contributed by atoms with Gasteiger partial charge in [0.2, 0.25) is 0 Å². The third-order valence-electron chi connectivity index (χ3n) is 9.44. The van der Waals surface area contributed by atoms with Crippen LogP contribution in [-0.2, 0) is 20.1 Å². The summed E-state index contributed by atoms with van der Waals surface area (Å²) in [5, 5.41) is 0. The zero-order valence-corrected chi connectivity index (χ0v) is 32.1. The second kappa shape index (κ2) is 20.1. The number of nitrogens with zero attached hydrogens (tertiary/aromatic N) is 1. The molecule has 3 nitrogen and oxygen atoms in total. The number of benzene rings is 4. The zero-order chi connectivity index (χ0) is 33.6. The van der Waals surface area contributed by atoms with Gasteiger partial charge in [0.25, 0.3) is 0 Å². The van der Waals surface area contributed by atoms with Crippen molar-refractivity contribution in [3.63, 3.8) is 0 Å². The van der Waals surface area contributed by atoms with Crippen LogP contribution >= 0.6 is 0 Å². The van der Waals surface area contributed by atoms with E-state index in [9.17, 15) is 0 Å². The average molecular weight is 831 g/mol. The topological polar surface area (TPSA) is 31.4 Å². The van der Waals surface area contributed by atoms with Crippen molar-refractivity contribution in [2.45, 2.75) is 79.1 Å². The van der Waals surface area contributed by atoms with Crippen LogP contribution < -0.4 is 9.47 Å². The Hall–Kier alpha value is -3.72. The van der Waals surface area contributed by atoms with E-state index >= 15 is 0 Å². The van der Waals surface area contributed by atoms with Gasteiger partial charge in [-0.1, -0.05) is 103 Å². The Morgan fingerprint density at radius 2 is 1.08 bits per heavy atom. The standard InChI is InChI=1S/C45H52NO2.Ir/c1-5-9-14-34(7-3)32-47-43-23-19-36(20-24-43)40-29-41(37-21-25-44(26-22-37)48-33-35(8-4)15-10-6-2)31-42(30-40)38-16-13-17-39(28-38)45-18-11-12-27-46-45;/h11-13,16,18-31,34-35H,5-10,14-15,32-33H2,1-4H3;/q-1;. The molecule has 0 fully saturated rings. The first-order chi connectivity index (χ1) is 23.6. The zero-order valence-electron chi connectivity index (χ0n) is 29.7. The second-order valence-electron chi connectivity index (χ2n) is 13.0. The molecule has 0 aliphatic rings. The van der Waals surface area contributed by atoms with Crippen molar-refractivity contribution in [2.24, 2.45) is 11.8 Å². The predicted molar refractivity (Wildman–Crippen MR) is 202 cm³/mol. The summed E-state index contributed by atoms with van der Waals surface area (Å²) >= 11 is 0. The fourth-order valence-electron chi connectivity index (χ4n) is 6.16. The van der Waals surface area contributed by atoms with Gasteiger partial charge in [-0.25, -0.2) is 0 Å². The van der Waals surface area contributed by atoms with E-state index in [2.05, 4.69) is 118 Å². The molecule has 0 N–H and O–H groups in total. The monoisotopic (exact) mass is 831 g/mol. The summed E-state index contributed by atoms with van der Waals surface area (Å²) in [4.78, 5) is 4.57. The van der Waals surface area contributed by atoms with Gasteiger partial charge in [0, 0.05) is 26.3 Å². The van der Waals surface area contributed by atoms with Gasteiger partial charge in [0.15, 0.2) is 0 Å². The molecule has 5 rings (SSSR count). The van der Waals surface area contributed by atoms with Crippen molar-refractivity contribution in [1.82, 2.24) is 4.98 Å². The molecule has 0 bridgehead atoms. The van der Waals surface area contributed by atoms with Crippen LogP contribution in [0, 0.1) is 17.9 Å². The van der Waals surface area contributed by atoms with E-state index < -0.39 is 0 Å². The minimum atomic E-state index is 0. The Balaban J connectivity index is 0.00000541. The maximum atomic E-state index is 6.24. The molecule has 4 aromatic carbocycles. The van der Waals surface area contributed by atoms with Crippen LogP contribution in [0.25, 0.3) is 44.6 Å². The Labute approximate surface area is 308 Å². The van der Waals surface area contributed by atoms with Crippen molar-refractivity contribution in [2.75, 3.05) is 13.2 Å². The molecule has 4 heteroatoms. The summed E-state index contributed by atoms with van der Waals surface area (Å²) in [6, 6.07) is 39.7. The van der Waals surface area contributed by atoms with Crippen LogP contribution in [0.3, 0.4) is 0 Å². The summed E-state index contributed by atoms with van der Waals surface area (Å²) in [6.45, 7) is 10.6. The van der Waals surface area contributed by atoms with Crippen LogP contribution in [0.1, 0.15) is 79.1 Å². The van der Waals surface area contributed by atoms with Crippen LogP contribution in [-0.4, -0.2) is 18.2 Å². The van der Waals surface area contributed by atoms with Gasteiger partial charge in [-0.3, -0.25) is 0 Å². The first kappa shape index (κ1) is 38.1. The molecule has 1 aromatic heterocycles. The van der Waals surface area contributed by atoms with E-state index in [1.54, 1.807) is 0 Å². The van der Waals surface area contributed by atoms with E-state index in [4.69, 9.17) is 9.47 Å². The maximum absolute atomic E-state index is 6.24. The molecular formula is C45H52IrNO2-. The number of aromatic nitrogens is 1. The van der Waals surface area contributed by atoms with E-state index in [0.29, 0.717) is 11.8 Å². The second-order valence-corrected chi connectivity index (χ2v) is 13.0. The Bertz CT molecular complexity index is 1590. The molecule has 0 spiro atoms. The molecule has 5 aromatic rings. The van der Waals surface area contributed by atoms with Crippen molar-refractivity contribution in [3.8, 4) is 56.1 Å². The van der Waals surface area contributed by atoms with Gasteiger partial charge < -0.3 is 14.5 Å². The molecule has 0 saturated carbocycles. The molecule has 49 heavy (non-hydrogen) atoms. The van der Waals surface area contributed by atoms with E-state index in [0.717, 1.165) is 82.2 Å². The molecule has 1 heterocycles. The van der Waals surface area contributed by atoms with Crippen molar-refractivity contribution in [3.05, 3.63) is 115 Å². The van der Waals surface area contributed by atoms with Gasteiger partial charge >= 0.3 is 0 Å². The van der Waals surface area contributed by atoms with Gasteiger partial charge in [0.05, 0.1) is 13.2 Å². The molecule has 0 aliphatic heterocycles. The molecule has 0 amide bonds. The maximum Gasteiger partial charge on any atom is 0.119 e. The summed E-state index contributed by atoms with van der Waals surface area (Å²) in [7, 11) is 0. The third kappa shape index (κ3) is 11.1. The minimum absolute atomic E-state index is 0. The van der Waals surface area contributed by atoms with Gasteiger partial charge in [0.1, 0.15) is 11.5 Å². The molecule has 2 unspecified atom stereocenters. The van der Waals surface area contributed by atoms with Crippen LogP contribution in [0.5, 0.6) is 11.5 Å². The molecular weight excluding hydrogens is 779 g/mol. The molecule has 1 radical (unpaired) electrons. The number of unbranched alkanes of at least 4 members (excludes halogenated alkanes) is 2. The molecule has 0 aliphatic carbocycles. The third-order valence-corrected chi connectivity index (χ3v) is 9.44. The number of pyridine rings is 1. The molecule has 259 valence electrons. The Morgan fingerprint density at radius 1 is 0.571 bits per heavy atom. The quantitative estimate of drug-likeness (QED) is 0.0825. The molecule has 0 saturated heterocycles. The largest absolute Gasteiger partial charge is 0.493 e. The van der Waals surface area contributed by atoms with E-state index in [1.807, 2.05) is 30.5 Å². The van der Waals surface area contributed by atoms with Crippen LogP contribution in [0.15, 0.2) is 109 Å². The Morgan fingerprint density at radius 3 is 1.53 bits per heavy atom. The Kier molecular flexibility index (Phi) is 15.6. The van der Waals surface area contributed by atoms with Gasteiger partial charge in [-0.05, 0) is 107 Å². The van der Waals surface area contributed by atoms with Crippen molar-refractivity contribution < 1.29 is 29.6 Å². The van der Waals surface area contributed by atoms with Crippen LogP contribution in [0.4, 0.5) is 0 Å².